The first-order chi connectivity index (χ1) is 15.1. The van der Waals surface area contributed by atoms with E-state index in [4.69, 9.17) is 5.73 Å². The van der Waals surface area contributed by atoms with Crippen LogP contribution in [0.1, 0.15) is 16.0 Å². The van der Waals surface area contributed by atoms with E-state index in [-0.39, 0.29) is 11.7 Å². The number of hydrogen-bond acceptors (Lipinski definition) is 7. The van der Waals surface area contributed by atoms with Crippen LogP contribution in [0.4, 0.5) is 24.7 Å². The smallest absolute Gasteiger partial charge is 0.383 e. The van der Waals surface area contributed by atoms with Crippen LogP contribution in [0.3, 0.4) is 0 Å². The van der Waals surface area contributed by atoms with Crippen LogP contribution in [-0.4, -0.2) is 52.7 Å². The summed E-state index contributed by atoms with van der Waals surface area (Å²) in [6, 6.07) is 5.28. The Morgan fingerprint density at radius 1 is 1.19 bits per heavy atom. The minimum absolute atomic E-state index is 0.0560. The molecule has 1 aliphatic rings. The van der Waals surface area contributed by atoms with Gasteiger partial charge < -0.3 is 15.5 Å². The van der Waals surface area contributed by atoms with E-state index in [0.29, 0.717) is 42.8 Å². The summed E-state index contributed by atoms with van der Waals surface area (Å²) in [6.07, 6.45) is -4.37. The number of carbonyl (C=O) groups is 1. The molecule has 0 saturated carbocycles. The highest BCUT2D eigenvalue weighted by atomic mass is 32.2. The predicted octanol–water partition coefficient (Wildman–Crippen LogP) is 4.35. The number of carbonyl (C=O) groups excluding carboxylic acids is 1. The zero-order valence-corrected chi connectivity index (χ0v) is 19.2. The van der Waals surface area contributed by atoms with Crippen molar-refractivity contribution in [2.75, 3.05) is 42.6 Å². The molecule has 6 nitrogen and oxygen atoms in total. The third-order valence-electron chi connectivity index (χ3n) is 5.53. The number of thioether (sulfide) groups is 1. The van der Waals surface area contributed by atoms with Gasteiger partial charge in [0.25, 0.3) is 0 Å². The van der Waals surface area contributed by atoms with Crippen LogP contribution < -0.4 is 10.6 Å². The van der Waals surface area contributed by atoms with Crippen molar-refractivity contribution in [2.24, 2.45) is 0 Å². The number of anilines is 2. The number of benzene rings is 1. The van der Waals surface area contributed by atoms with Gasteiger partial charge in [-0.25, -0.2) is 9.97 Å². The fraction of sp³-hybridized carbons (Fsp3) is 0.381. The molecule has 1 aromatic carbocycles. The Morgan fingerprint density at radius 3 is 2.59 bits per heavy atom. The van der Waals surface area contributed by atoms with E-state index in [1.807, 2.05) is 18.7 Å². The summed E-state index contributed by atoms with van der Waals surface area (Å²) in [7, 11) is 0. The van der Waals surface area contributed by atoms with Crippen LogP contribution >= 0.6 is 23.1 Å². The van der Waals surface area contributed by atoms with E-state index in [2.05, 4.69) is 9.97 Å². The third-order valence-corrected chi connectivity index (χ3v) is 7.47. The van der Waals surface area contributed by atoms with E-state index in [1.165, 1.54) is 17.8 Å². The number of aromatic nitrogens is 2. The number of hydrogen-bond donors (Lipinski definition) is 1. The van der Waals surface area contributed by atoms with E-state index >= 15 is 0 Å². The molecule has 1 saturated heterocycles. The van der Waals surface area contributed by atoms with Gasteiger partial charge in [0.05, 0.1) is 16.7 Å². The highest BCUT2D eigenvalue weighted by molar-refractivity contribution is 7.99. The van der Waals surface area contributed by atoms with Gasteiger partial charge in [0.1, 0.15) is 10.6 Å². The molecule has 3 aromatic rings. The minimum atomic E-state index is -4.37. The fourth-order valence-electron chi connectivity index (χ4n) is 3.64. The second-order valence-electron chi connectivity index (χ2n) is 7.56. The van der Waals surface area contributed by atoms with Gasteiger partial charge in [-0.3, -0.25) is 4.79 Å². The third kappa shape index (κ3) is 4.63. The lowest BCUT2D eigenvalue weighted by Gasteiger charge is -2.36. The number of thiophene rings is 1. The van der Waals surface area contributed by atoms with Gasteiger partial charge >= 0.3 is 6.18 Å². The maximum atomic E-state index is 13.0. The molecule has 32 heavy (non-hydrogen) atoms. The summed E-state index contributed by atoms with van der Waals surface area (Å²) < 4.78 is 38.9. The van der Waals surface area contributed by atoms with Gasteiger partial charge in [-0.15, -0.1) is 11.3 Å². The van der Waals surface area contributed by atoms with Crippen LogP contribution in [0.2, 0.25) is 0 Å². The molecule has 2 N–H and O–H groups in total. The second-order valence-corrected chi connectivity index (χ2v) is 9.71. The lowest BCUT2D eigenvalue weighted by molar-refractivity contribution is -0.137. The molecule has 2 aromatic heterocycles. The summed E-state index contributed by atoms with van der Waals surface area (Å²) in [5.41, 5.74) is 7.02. The second kappa shape index (κ2) is 8.78. The maximum absolute atomic E-state index is 13.0. The Morgan fingerprint density at radius 2 is 1.91 bits per heavy atom. The number of halogens is 3. The van der Waals surface area contributed by atoms with Gasteiger partial charge in [-0.1, -0.05) is 17.8 Å². The Bertz CT molecular complexity index is 1160. The summed E-state index contributed by atoms with van der Waals surface area (Å²) in [5, 5.41) is 1.33. The summed E-state index contributed by atoms with van der Waals surface area (Å²) in [4.78, 5) is 27.1. The Kier molecular flexibility index (Phi) is 6.22. The van der Waals surface area contributed by atoms with Crippen LogP contribution in [0.5, 0.6) is 0 Å². The Labute approximate surface area is 191 Å². The zero-order valence-electron chi connectivity index (χ0n) is 17.6. The number of nitrogens with zero attached hydrogens (tertiary/aromatic N) is 4. The van der Waals surface area contributed by atoms with Gasteiger partial charge in [0.2, 0.25) is 5.91 Å². The molecule has 0 atom stereocenters. The molecule has 0 spiro atoms. The van der Waals surface area contributed by atoms with Gasteiger partial charge in [0, 0.05) is 36.7 Å². The molecule has 1 amide bonds. The number of amides is 1. The molecule has 11 heteroatoms. The fourth-order valence-corrected chi connectivity index (χ4v) is 5.48. The van der Waals surface area contributed by atoms with Crippen molar-refractivity contribution in [3.8, 4) is 0 Å². The number of fused-ring (bicyclic) bond motifs is 1. The van der Waals surface area contributed by atoms with Gasteiger partial charge in [-0.05, 0) is 37.6 Å². The lowest BCUT2D eigenvalue weighted by atomic mass is 10.1. The quantitative estimate of drug-likeness (QED) is 0.441. The van der Waals surface area contributed by atoms with E-state index in [0.717, 1.165) is 32.8 Å². The molecule has 1 aliphatic heterocycles. The van der Waals surface area contributed by atoms with Crippen molar-refractivity contribution in [1.29, 1.82) is 0 Å². The predicted molar refractivity (Wildman–Crippen MR) is 122 cm³/mol. The lowest BCUT2D eigenvalue weighted by Crippen LogP contribution is -2.49. The van der Waals surface area contributed by atoms with Gasteiger partial charge in [-0.2, -0.15) is 13.2 Å². The number of alkyl halides is 3. The summed E-state index contributed by atoms with van der Waals surface area (Å²) in [6.45, 7) is 5.84. The maximum Gasteiger partial charge on any atom is 0.416 e. The van der Waals surface area contributed by atoms with Crippen LogP contribution in [0.25, 0.3) is 10.2 Å². The number of nitrogens with two attached hydrogens (primary N) is 1. The highest BCUT2D eigenvalue weighted by Gasteiger charge is 2.31. The Balaban J connectivity index is 1.35. The molecule has 3 heterocycles. The number of aryl methyl sites for hydroxylation is 2. The number of rotatable bonds is 4. The Hall–Kier alpha value is -2.53. The van der Waals surface area contributed by atoms with E-state index in [9.17, 15) is 18.0 Å². The van der Waals surface area contributed by atoms with Crippen molar-refractivity contribution in [2.45, 2.75) is 25.2 Å². The van der Waals surface area contributed by atoms with Gasteiger partial charge in [0.15, 0.2) is 5.16 Å². The summed E-state index contributed by atoms with van der Waals surface area (Å²) in [5.74, 6) is 0.540. The SMILES string of the molecule is Cc1sc2nc(SCC(=O)N3CCN(c4cccc(C(F)(F)F)c4)CC3)nc(N)c2c1C. The first-order valence-corrected chi connectivity index (χ1v) is 11.8. The van der Waals surface area contributed by atoms with Crippen molar-refractivity contribution in [3.63, 3.8) is 0 Å². The molecular weight excluding hydrogens is 459 g/mol. The number of nitrogen functional groups attached to an aromatic ring is 1. The van der Waals surface area contributed by atoms with Crippen LogP contribution in [-0.2, 0) is 11.0 Å². The molecule has 0 bridgehead atoms. The van der Waals surface area contributed by atoms with Crippen molar-refractivity contribution in [3.05, 3.63) is 40.3 Å². The molecule has 170 valence electrons. The van der Waals surface area contributed by atoms with E-state index in [1.54, 1.807) is 22.3 Å². The van der Waals surface area contributed by atoms with Crippen LogP contribution in [0.15, 0.2) is 29.4 Å². The number of piperazine rings is 1. The normalized spacial score (nSPS) is 14.9. The minimum Gasteiger partial charge on any atom is -0.383 e. The first kappa shape index (κ1) is 22.7. The summed E-state index contributed by atoms with van der Waals surface area (Å²) >= 11 is 2.80. The van der Waals surface area contributed by atoms with E-state index < -0.39 is 11.7 Å². The van der Waals surface area contributed by atoms with Crippen molar-refractivity contribution >= 4 is 50.7 Å². The highest BCUT2D eigenvalue weighted by Crippen LogP contribution is 2.34. The molecule has 0 unspecified atom stereocenters. The largest absolute Gasteiger partial charge is 0.416 e. The molecular formula is C21H22F3N5OS2. The molecule has 0 radical (unpaired) electrons. The molecule has 4 rings (SSSR count). The standard InChI is InChI=1S/C21H22F3N5OS2/c1-12-13(2)32-19-17(12)18(25)26-20(27-19)31-11-16(30)29-8-6-28(7-9-29)15-5-3-4-14(10-15)21(22,23)24/h3-5,10H,6-9,11H2,1-2H3,(H2,25,26,27). The topological polar surface area (TPSA) is 75.4 Å². The first-order valence-electron chi connectivity index (χ1n) is 9.99. The average molecular weight is 482 g/mol. The van der Waals surface area contributed by atoms with Crippen molar-refractivity contribution < 1.29 is 18.0 Å². The average Bonchev–Trinajstić information content (AvgIpc) is 3.05. The van der Waals surface area contributed by atoms with Crippen molar-refractivity contribution in [1.82, 2.24) is 14.9 Å². The molecule has 0 aliphatic carbocycles. The molecule has 1 fully saturated rings. The monoisotopic (exact) mass is 481 g/mol. The van der Waals surface area contributed by atoms with Crippen LogP contribution in [0, 0.1) is 13.8 Å². The zero-order chi connectivity index (χ0) is 23.0.